The second-order valence-corrected chi connectivity index (χ2v) is 20.2. The van der Waals surface area contributed by atoms with Crippen molar-refractivity contribution in [2.24, 2.45) is 0 Å². The second-order valence-electron chi connectivity index (χ2n) is 19.1. The fourth-order valence-electron chi connectivity index (χ4n) is 12.6. The second kappa shape index (κ2) is 15.4. The van der Waals surface area contributed by atoms with Crippen LogP contribution < -0.4 is 0 Å². The molecule has 2 nitrogen and oxygen atoms in total. The van der Waals surface area contributed by atoms with Gasteiger partial charge in [0.1, 0.15) is 0 Å². The van der Waals surface area contributed by atoms with E-state index < -0.39 is 10.8 Å². The first-order valence-corrected chi connectivity index (χ1v) is 25.3. The van der Waals surface area contributed by atoms with Crippen molar-refractivity contribution in [1.29, 1.82) is 0 Å². The van der Waals surface area contributed by atoms with Crippen molar-refractivity contribution in [3.63, 3.8) is 0 Å². The van der Waals surface area contributed by atoms with Gasteiger partial charge in [-0.25, -0.2) is 9.97 Å². The van der Waals surface area contributed by atoms with E-state index in [-0.39, 0.29) is 0 Å². The number of rotatable bonds is 4. The summed E-state index contributed by atoms with van der Waals surface area (Å²) >= 11 is 1.89. The molecule has 0 unspecified atom stereocenters. The zero-order chi connectivity index (χ0) is 46.7. The van der Waals surface area contributed by atoms with Crippen LogP contribution in [0.4, 0.5) is 0 Å². The number of hydrogen-bond acceptors (Lipinski definition) is 3. The summed E-state index contributed by atoms with van der Waals surface area (Å²) in [6.07, 6.45) is 0. The molecule has 3 heteroatoms. The van der Waals surface area contributed by atoms with Crippen LogP contribution in [0.3, 0.4) is 0 Å². The Morgan fingerprint density at radius 3 is 1.44 bits per heavy atom. The number of aromatic nitrogens is 2. The molecule has 2 heterocycles. The first-order chi connectivity index (χ1) is 35.2. The molecule has 0 N–H and O–H groups in total. The third kappa shape index (κ3) is 5.73. The average molecular weight is 919 g/mol. The lowest BCUT2D eigenvalue weighted by Crippen LogP contribution is -2.45. The number of benzene rings is 11. The summed E-state index contributed by atoms with van der Waals surface area (Å²) in [7, 11) is 0. The van der Waals surface area contributed by atoms with Gasteiger partial charge >= 0.3 is 0 Å². The van der Waals surface area contributed by atoms with Gasteiger partial charge in [-0.15, -0.1) is 0 Å². The van der Waals surface area contributed by atoms with Gasteiger partial charge in [-0.2, -0.15) is 0 Å². The summed E-state index contributed by atoms with van der Waals surface area (Å²) in [5, 5.41) is 4.93. The van der Waals surface area contributed by atoms with Crippen molar-refractivity contribution in [2.75, 3.05) is 0 Å². The van der Waals surface area contributed by atoms with Crippen molar-refractivity contribution in [1.82, 2.24) is 9.97 Å². The molecule has 0 amide bonds. The largest absolute Gasteiger partial charge is 0.228 e. The maximum absolute atomic E-state index is 5.21. The maximum Gasteiger partial charge on any atom is 0.160 e. The smallest absolute Gasteiger partial charge is 0.160 e. The molecule has 0 fully saturated rings. The molecule has 2 spiro atoms. The van der Waals surface area contributed by atoms with E-state index in [1.165, 1.54) is 92.5 Å². The molecule has 0 bridgehead atoms. The van der Waals surface area contributed by atoms with Gasteiger partial charge in [0.25, 0.3) is 0 Å². The minimum atomic E-state index is -0.527. The molecule has 2 aliphatic carbocycles. The molecule has 11 aromatic carbocycles. The van der Waals surface area contributed by atoms with Crippen molar-refractivity contribution < 1.29 is 0 Å². The van der Waals surface area contributed by atoms with Gasteiger partial charge in [-0.3, -0.25) is 0 Å². The van der Waals surface area contributed by atoms with Crippen LogP contribution >= 0.6 is 11.8 Å². The van der Waals surface area contributed by atoms with Gasteiger partial charge in [-0.05, 0) is 119 Å². The Morgan fingerprint density at radius 1 is 0.268 bits per heavy atom. The molecule has 71 heavy (non-hydrogen) atoms. The maximum atomic E-state index is 5.21. The van der Waals surface area contributed by atoms with Crippen LogP contribution in [0.15, 0.2) is 265 Å². The Balaban J connectivity index is 0.865. The molecule has 0 saturated heterocycles. The number of fused-ring (bicyclic) bond motifs is 18. The molecular formula is C68H42N2S. The molecule has 0 atom stereocenters. The average Bonchev–Trinajstić information content (AvgIpc) is 3.74. The normalized spacial score (nSPS) is 14.1. The highest BCUT2D eigenvalue weighted by molar-refractivity contribution is 7.99. The molecule has 0 saturated carbocycles. The summed E-state index contributed by atoms with van der Waals surface area (Å²) in [6, 6.07) is 94.3. The zero-order valence-electron chi connectivity index (χ0n) is 38.6. The van der Waals surface area contributed by atoms with Gasteiger partial charge < -0.3 is 0 Å². The molecule has 1 aliphatic heterocycles. The van der Waals surface area contributed by atoms with Crippen LogP contribution in [-0.4, -0.2) is 9.97 Å². The topological polar surface area (TPSA) is 25.8 Å². The summed E-state index contributed by atoms with van der Waals surface area (Å²) in [6.45, 7) is 0. The van der Waals surface area contributed by atoms with Crippen molar-refractivity contribution >= 4 is 33.3 Å². The first-order valence-electron chi connectivity index (χ1n) is 24.5. The standard InChI is InChI=1S/C68H42N2S/c1-2-17-46(18-3-1)66-69-62(42-63(70-66)49-36-38-51-48(40-49)35-32-44-16-4-5-19-50(44)51)45-33-30-43(31-34-45)47-37-39-55-53(41-47)52-20-6-7-21-54(52)67(55)56-22-8-10-24-58(56)68(59-25-11-9-23-57(59)67)60-26-12-14-28-64(60)71-65-29-15-13-27-61(65)68/h1-42H. The summed E-state index contributed by atoms with van der Waals surface area (Å²) in [5.74, 6) is 0.708. The lowest BCUT2D eigenvalue weighted by molar-refractivity contribution is 0.605. The Labute approximate surface area is 417 Å². The van der Waals surface area contributed by atoms with Crippen LogP contribution in [0.25, 0.3) is 77.7 Å². The Kier molecular flexibility index (Phi) is 8.76. The Morgan fingerprint density at radius 2 is 0.746 bits per heavy atom. The molecule has 330 valence electrons. The van der Waals surface area contributed by atoms with Gasteiger partial charge in [-0.1, -0.05) is 236 Å². The molecule has 15 rings (SSSR count). The number of hydrogen-bond donors (Lipinski definition) is 0. The van der Waals surface area contributed by atoms with Crippen LogP contribution in [0.2, 0.25) is 0 Å². The predicted molar refractivity (Wildman–Crippen MR) is 292 cm³/mol. The van der Waals surface area contributed by atoms with Crippen LogP contribution in [0.1, 0.15) is 44.5 Å². The fraction of sp³-hybridized carbons (Fsp3) is 0.0294. The third-order valence-electron chi connectivity index (χ3n) is 15.6. The van der Waals surface area contributed by atoms with E-state index in [2.05, 4.69) is 237 Å². The van der Waals surface area contributed by atoms with Crippen molar-refractivity contribution in [3.05, 3.63) is 299 Å². The Hall–Kier alpha value is -8.63. The Bertz CT molecular complexity index is 4060. The minimum absolute atomic E-state index is 0.493. The molecule has 0 radical (unpaired) electrons. The van der Waals surface area contributed by atoms with Gasteiger partial charge in [0.05, 0.1) is 22.2 Å². The highest BCUT2D eigenvalue weighted by Crippen LogP contribution is 2.67. The monoisotopic (exact) mass is 918 g/mol. The first kappa shape index (κ1) is 40.3. The quantitative estimate of drug-likeness (QED) is 0.165. The summed E-state index contributed by atoms with van der Waals surface area (Å²) < 4.78 is 0. The van der Waals surface area contributed by atoms with Crippen LogP contribution in [-0.2, 0) is 10.8 Å². The van der Waals surface area contributed by atoms with E-state index >= 15 is 0 Å². The van der Waals surface area contributed by atoms with E-state index in [1.807, 2.05) is 30.0 Å². The molecule has 12 aromatic rings. The third-order valence-corrected chi connectivity index (χ3v) is 16.8. The van der Waals surface area contributed by atoms with Gasteiger partial charge in [0.15, 0.2) is 5.82 Å². The van der Waals surface area contributed by atoms with E-state index in [4.69, 9.17) is 9.97 Å². The van der Waals surface area contributed by atoms with E-state index in [0.717, 1.165) is 33.6 Å². The summed E-state index contributed by atoms with van der Waals surface area (Å²) in [5.41, 5.74) is 19.5. The highest BCUT2D eigenvalue weighted by Gasteiger charge is 2.58. The number of nitrogens with zero attached hydrogens (tertiary/aromatic N) is 2. The highest BCUT2D eigenvalue weighted by atomic mass is 32.2. The molecular weight excluding hydrogens is 877 g/mol. The molecule has 3 aliphatic rings. The van der Waals surface area contributed by atoms with E-state index in [0.29, 0.717) is 5.82 Å². The SMILES string of the molecule is c1ccc(-c2nc(-c3ccc(-c4ccc5c(c4)-c4ccccc4C54c5ccccc5C5(c6ccccc6Sc6ccccc65)c5ccccc54)cc3)cc(-c3ccc4c(ccc5ccccc54)c3)n2)cc1. The molecule has 1 aromatic heterocycles. The van der Waals surface area contributed by atoms with Crippen LogP contribution in [0.5, 0.6) is 0 Å². The summed E-state index contributed by atoms with van der Waals surface area (Å²) in [4.78, 5) is 13.0. The lowest BCUT2D eigenvalue weighted by Gasteiger charge is -2.51. The zero-order valence-corrected chi connectivity index (χ0v) is 39.4. The lowest BCUT2D eigenvalue weighted by atomic mass is 9.51. The van der Waals surface area contributed by atoms with Crippen molar-refractivity contribution in [3.8, 4) is 56.2 Å². The van der Waals surface area contributed by atoms with Gasteiger partial charge in [0, 0.05) is 26.5 Å². The fourth-order valence-corrected chi connectivity index (χ4v) is 13.8. The van der Waals surface area contributed by atoms with E-state index in [1.54, 1.807) is 0 Å². The minimum Gasteiger partial charge on any atom is -0.228 e. The van der Waals surface area contributed by atoms with E-state index in [9.17, 15) is 0 Å². The van der Waals surface area contributed by atoms with Crippen molar-refractivity contribution in [2.45, 2.75) is 20.6 Å². The van der Waals surface area contributed by atoms with Crippen LogP contribution in [0, 0.1) is 0 Å². The van der Waals surface area contributed by atoms with Gasteiger partial charge in [0.2, 0.25) is 0 Å². The predicted octanol–water partition coefficient (Wildman–Crippen LogP) is 17.0.